The Hall–Kier alpha value is -1.79. The van der Waals surface area contributed by atoms with Gasteiger partial charge in [0, 0.05) is 41.0 Å². The van der Waals surface area contributed by atoms with E-state index in [4.69, 9.17) is 20.2 Å². The van der Waals surface area contributed by atoms with E-state index in [9.17, 15) is 24.3 Å². The van der Waals surface area contributed by atoms with Gasteiger partial charge in [-0.05, 0) is 41.5 Å². The quantitative estimate of drug-likeness (QED) is 0.141. The number of carboxylic acid groups (broad SMARTS) is 1. The molecule has 1 aromatic rings. The van der Waals surface area contributed by atoms with Gasteiger partial charge in [-0.2, -0.15) is 11.8 Å². The smallest absolute Gasteiger partial charge is 0.407 e. The van der Waals surface area contributed by atoms with E-state index in [0.717, 1.165) is 14.2 Å². The maximum absolute atomic E-state index is 12.4. The summed E-state index contributed by atoms with van der Waals surface area (Å²) in [6, 6.07) is -0.696. The van der Waals surface area contributed by atoms with Crippen LogP contribution in [-0.2, 0) is 24.8 Å². The number of β-lactam (4-membered cyclic amide) rings is 1. The van der Waals surface area contributed by atoms with Crippen LogP contribution >= 0.6 is 58.4 Å². The molecule has 2 atom stereocenters. The number of hydrogen-bond acceptors (Lipinski definition) is 13. The topological polar surface area (TPSA) is 173 Å². The molecule has 1 saturated heterocycles. The SMILES string of the molecule is CC(C)(C)OC(=O)NCCSCc1nc(SCCNC(=O)OC(C)(C)C)sc1SC1=C(C(=O)O)N2C(=O)[C@@H](N)[C@@H]2SC1. The molecule has 0 bridgehead atoms. The van der Waals surface area contributed by atoms with E-state index < -0.39 is 41.3 Å². The summed E-state index contributed by atoms with van der Waals surface area (Å²) in [4.78, 5) is 55.0. The number of carboxylic acids is 1. The van der Waals surface area contributed by atoms with Crippen LogP contribution in [-0.4, -0.2) is 92.0 Å². The second-order valence-corrected chi connectivity index (χ2v) is 17.0. The zero-order valence-electron chi connectivity index (χ0n) is 24.3. The minimum Gasteiger partial charge on any atom is -0.477 e. The van der Waals surface area contributed by atoms with Crippen LogP contribution in [0.4, 0.5) is 9.59 Å². The van der Waals surface area contributed by atoms with E-state index in [1.807, 2.05) is 0 Å². The minimum absolute atomic E-state index is 0.0280. The van der Waals surface area contributed by atoms with Crippen LogP contribution < -0.4 is 16.4 Å². The highest BCUT2D eigenvalue weighted by atomic mass is 32.2. The van der Waals surface area contributed by atoms with Gasteiger partial charge in [0.15, 0.2) is 4.34 Å². The lowest BCUT2D eigenvalue weighted by Gasteiger charge is -2.47. The van der Waals surface area contributed by atoms with Crippen molar-refractivity contribution in [3.63, 3.8) is 0 Å². The van der Waals surface area contributed by atoms with Gasteiger partial charge in [-0.1, -0.05) is 23.5 Å². The van der Waals surface area contributed by atoms with E-state index in [1.165, 1.54) is 51.5 Å². The molecule has 234 valence electrons. The highest BCUT2D eigenvalue weighted by molar-refractivity contribution is 8.08. The van der Waals surface area contributed by atoms with Crippen molar-refractivity contribution in [1.29, 1.82) is 0 Å². The summed E-state index contributed by atoms with van der Waals surface area (Å²) >= 11 is 7.24. The van der Waals surface area contributed by atoms with Crippen LogP contribution in [0.25, 0.3) is 0 Å². The number of carbonyl (C=O) groups is 4. The molecule has 0 aliphatic carbocycles. The third-order valence-electron chi connectivity index (χ3n) is 5.18. The Kier molecular flexibility index (Phi) is 12.2. The number of aliphatic carboxylic acids is 1. The van der Waals surface area contributed by atoms with Crippen LogP contribution in [0.5, 0.6) is 0 Å². The highest BCUT2D eigenvalue weighted by Crippen LogP contribution is 2.47. The van der Waals surface area contributed by atoms with Crippen molar-refractivity contribution in [3.05, 3.63) is 16.3 Å². The third kappa shape index (κ3) is 10.1. The van der Waals surface area contributed by atoms with Crippen molar-refractivity contribution >= 4 is 82.4 Å². The first kappa shape index (κ1) is 34.7. The molecule has 0 spiro atoms. The van der Waals surface area contributed by atoms with Crippen LogP contribution in [0.2, 0.25) is 0 Å². The summed E-state index contributed by atoms with van der Waals surface area (Å²) in [6.07, 6.45) is -0.967. The molecule has 0 aromatic carbocycles. The lowest BCUT2D eigenvalue weighted by atomic mass is 10.1. The monoisotopic (exact) mass is 679 g/mol. The molecule has 2 aliphatic rings. The van der Waals surface area contributed by atoms with E-state index in [0.29, 0.717) is 41.0 Å². The van der Waals surface area contributed by atoms with Crippen molar-refractivity contribution in [1.82, 2.24) is 20.5 Å². The lowest BCUT2D eigenvalue weighted by molar-refractivity contribution is -0.147. The zero-order valence-corrected chi connectivity index (χ0v) is 28.4. The van der Waals surface area contributed by atoms with Gasteiger partial charge in [0.25, 0.3) is 0 Å². The lowest BCUT2D eigenvalue weighted by Crippen LogP contribution is -2.68. The van der Waals surface area contributed by atoms with Crippen molar-refractivity contribution < 1.29 is 33.8 Å². The maximum Gasteiger partial charge on any atom is 0.407 e. The molecule has 0 saturated carbocycles. The summed E-state index contributed by atoms with van der Waals surface area (Å²) in [7, 11) is 0. The predicted molar refractivity (Wildman–Crippen MR) is 169 cm³/mol. The van der Waals surface area contributed by atoms with Crippen LogP contribution in [0.1, 0.15) is 47.2 Å². The minimum atomic E-state index is -1.17. The molecule has 1 fully saturated rings. The number of thioether (sulfide) groups is 4. The number of nitrogens with one attached hydrogen (secondary N) is 2. The number of aromatic nitrogens is 1. The first-order chi connectivity index (χ1) is 19.6. The number of fused-ring (bicyclic) bond motifs is 1. The summed E-state index contributed by atoms with van der Waals surface area (Å²) < 4.78 is 12.1. The predicted octanol–water partition coefficient (Wildman–Crippen LogP) is 4.15. The largest absolute Gasteiger partial charge is 0.477 e. The van der Waals surface area contributed by atoms with Gasteiger partial charge >= 0.3 is 18.2 Å². The molecule has 0 unspecified atom stereocenters. The molecule has 0 radical (unpaired) electrons. The number of hydrogen-bond donors (Lipinski definition) is 4. The summed E-state index contributed by atoms with van der Waals surface area (Å²) in [5.74, 6) is 0.563. The molecule has 3 rings (SSSR count). The first-order valence-corrected chi connectivity index (χ1v) is 17.9. The molecule has 2 aliphatic heterocycles. The molecule has 1 aromatic heterocycles. The van der Waals surface area contributed by atoms with Crippen LogP contribution in [0.3, 0.4) is 0 Å². The number of thiazole rings is 1. The Balaban J connectivity index is 1.67. The average molecular weight is 680 g/mol. The Bertz CT molecular complexity index is 1210. The number of nitrogens with two attached hydrogens (primary N) is 1. The number of amides is 3. The molecule has 42 heavy (non-hydrogen) atoms. The number of nitrogens with zero attached hydrogens (tertiary/aromatic N) is 2. The average Bonchev–Trinajstić information content (AvgIpc) is 3.24. The van der Waals surface area contributed by atoms with Crippen molar-refractivity contribution in [3.8, 4) is 0 Å². The molecular formula is C25H37N5O7S5. The van der Waals surface area contributed by atoms with E-state index in [1.54, 1.807) is 53.3 Å². The molecule has 12 nitrogen and oxygen atoms in total. The standard InChI is InChI=1S/C25H37N5O7S5/c1-24(2,3)36-21(34)27-7-9-38-11-13-20(42-23(29-13)39-10-8-28-22(35)37-25(4,5)6)41-14-12-40-18-15(26)17(31)30(18)16(14)19(32)33/h15,18H,7-12,26H2,1-6H3,(H,27,34)(H,28,35)(H,32,33)/t15-,18+/m1/s1. The zero-order chi connectivity index (χ0) is 31.2. The van der Waals surface area contributed by atoms with Gasteiger partial charge < -0.3 is 30.9 Å². The Morgan fingerprint density at radius 1 is 1.07 bits per heavy atom. The van der Waals surface area contributed by atoms with Gasteiger partial charge in [-0.3, -0.25) is 9.69 Å². The third-order valence-corrected chi connectivity index (χ3v) is 11.2. The summed E-state index contributed by atoms with van der Waals surface area (Å²) in [5.41, 5.74) is 5.48. The normalized spacial score (nSPS) is 18.7. The Morgan fingerprint density at radius 2 is 1.67 bits per heavy atom. The molecule has 3 amide bonds. The van der Waals surface area contributed by atoms with E-state index >= 15 is 0 Å². The number of alkyl carbamates (subject to hydrolysis) is 2. The molecule has 17 heteroatoms. The number of rotatable bonds is 12. The van der Waals surface area contributed by atoms with Crippen LogP contribution in [0, 0.1) is 0 Å². The first-order valence-electron chi connectivity index (χ1n) is 13.0. The van der Waals surface area contributed by atoms with Gasteiger partial charge in [-0.25, -0.2) is 19.4 Å². The van der Waals surface area contributed by atoms with Gasteiger partial charge in [0.2, 0.25) is 5.91 Å². The fraction of sp³-hybridized carbons (Fsp3) is 0.640. The van der Waals surface area contributed by atoms with E-state index in [-0.39, 0.29) is 11.1 Å². The summed E-state index contributed by atoms with van der Waals surface area (Å²) in [6.45, 7) is 11.6. The van der Waals surface area contributed by atoms with Crippen molar-refractivity contribution in [2.45, 2.75) is 78.5 Å². The second kappa shape index (κ2) is 14.8. The molecule has 3 heterocycles. The van der Waals surface area contributed by atoms with Crippen LogP contribution in [0.15, 0.2) is 19.2 Å². The Morgan fingerprint density at radius 3 is 2.24 bits per heavy atom. The molecular weight excluding hydrogens is 643 g/mol. The fourth-order valence-electron chi connectivity index (χ4n) is 3.54. The van der Waals surface area contributed by atoms with Gasteiger partial charge in [0.1, 0.15) is 28.3 Å². The Labute approximate surface area is 266 Å². The number of ether oxygens (including phenoxy) is 2. The highest BCUT2D eigenvalue weighted by Gasteiger charge is 2.52. The van der Waals surface area contributed by atoms with Gasteiger partial charge in [0.05, 0.1) is 9.90 Å². The number of carbonyl (C=O) groups excluding carboxylic acids is 3. The van der Waals surface area contributed by atoms with Crippen molar-refractivity contribution in [2.24, 2.45) is 5.73 Å². The summed E-state index contributed by atoms with van der Waals surface area (Å²) in [5, 5.41) is 15.0. The van der Waals surface area contributed by atoms with E-state index in [2.05, 4.69) is 10.6 Å². The molecule has 5 N–H and O–H groups in total. The maximum atomic E-state index is 12.4. The fourth-order valence-corrected chi connectivity index (χ4v) is 9.54. The van der Waals surface area contributed by atoms with Crippen molar-refractivity contribution in [2.75, 3.05) is 30.3 Å². The van der Waals surface area contributed by atoms with Gasteiger partial charge in [-0.15, -0.1) is 23.1 Å². The second-order valence-electron chi connectivity index (χ2n) is 11.1.